The summed E-state index contributed by atoms with van der Waals surface area (Å²) in [7, 11) is -2.51. The third-order valence-corrected chi connectivity index (χ3v) is 4.75. The molecule has 1 rings (SSSR count). The van der Waals surface area contributed by atoms with Gasteiger partial charge >= 0.3 is 0 Å². The summed E-state index contributed by atoms with van der Waals surface area (Å²) >= 11 is 5.89. The first-order valence-electron chi connectivity index (χ1n) is 5.95. The molecule has 8 heteroatoms. The van der Waals surface area contributed by atoms with E-state index < -0.39 is 10.0 Å². The first-order chi connectivity index (χ1) is 9.14. The van der Waals surface area contributed by atoms with E-state index in [1.54, 1.807) is 13.8 Å². The first-order valence-corrected chi connectivity index (χ1v) is 7.77. The molecule has 0 radical (unpaired) electrons. The number of anilines is 1. The smallest absolute Gasteiger partial charge is 0.244 e. The van der Waals surface area contributed by atoms with Crippen LogP contribution in [0.25, 0.3) is 0 Å². The lowest BCUT2D eigenvalue weighted by atomic mass is 10.3. The maximum Gasteiger partial charge on any atom is 0.244 e. The molecular formula is C12H18ClN3O3S. The highest BCUT2D eigenvalue weighted by atomic mass is 35.5. The van der Waals surface area contributed by atoms with Gasteiger partial charge in [0.25, 0.3) is 0 Å². The molecule has 3 N–H and O–H groups in total. The van der Waals surface area contributed by atoms with Gasteiger partial charge in [0.2, 0.25) is 15.9 Å². The topological polar surface area (TPSA) is 92.5 Å². The molecule has 0 saturated heterocycles. The Balaban J connectivity index is 2.95. The number of nitrogen functional groups attached to an aromatic ring is 1. The van der Waals surface area contributed by atoms with Crippen molar-refractivity contribution in [3.8, 4) is 0 Å². The Bertz CT molecular complexity index is 602. The molecule has 112 valence electrons. The van der Waals surface area contributed by atoms with Crippen LogP contribution in [-0.4, -0.2) is 38.3 Å². The highest BCUT2D eigenvalue weighted by molar-refractivity contribution is 7.89. The number of carbonyl (C=O) groups is 1. The molecule has 0 aliphatic rings. The number of nitrogens with zero attached hydrogens (tertiary/aromatic N) is 1. The highest BCUT2D eigenvalue weighted by Crippen LogP contribution is 2.25. The number of halogens is 1. The van der Waals surface area contributed by atoms with E-state index in [9.17, 15) is 13.2 Å². The minimum Gasteiger partial charge on any atom is -0.399 e. The number of sulfonamides is 1. The Labute approximate surface area is 123 Å². The van der Waals surface area contributed by atoms with Crippen molar-refractivity contribution in [2.45, 2.75) is 24.8 Å². The zero-order valence-electron chi connectivity index (χ0n) is 11.6. The van der Waals surface area contributed by atoms with Crippen molar-refractivity contribution in [2.75, 3.05) is 19.3 Å². The van der Waals surface area contributed by atoms with Crippen molar-refractivity contribution in [1.29, 1.82) is 0 Å². The lowest BCUT2D eigenvalue weighted by Gasteiger charge is -2.18. The molecule has 1 aromatic carbocycles. The maximum atomic E-state index is 12.3. The fourth-order valence-electron chi connectivity index (χ4n) is 1.55. The van der Waals surface area contributed by atoms with Gasteiger partial charge in [-0.15, -0.1) is 0 Å². The van der Waals surface area contributed by atoms with Gasteiger partial charge in [0.1, 0.15) is 4.90 Å². The van der Waals surface area contributed by atoms with Crippen molar-refractivity contribution in [1.82, 2.24) is 9.62 Å². The number of likely N-dealkylation sites (N-methyl/N-ethyl adjacent to an activating group) is 1. The van der Waals surface area contributed by atoms with Gasteiger partial charge in [-0.05, 0) is 32.0 Å². The number of nitrogens with two attached hydrogens (primary N) is 1. The first kappa shape index (κ1) is 16.7. The molecule has 1 aromatic rings. The lowest BCUT2D eigenvalue weighted by molar-refractivity contribution is -0.121. The molecule has 0 heterocycles. The predicted octanol–water partition coefficient (Wildman–Crippen LogP) is 1.07. The third-order valence-electron chi connectivity index (χ3n) is 2.46. The van der Waals surface area contributed by atoms with Crippen LogP contribution in [0.5, 0.6) is 0 Å². The number of nitrogens with one attached hydrogen (secondary N) is 1. The number of carbonyl (C=O) groups excluding carboxylic acids is 1. The molecule has 6 nitrogen and oxygen atoms in total. The van der Waals surface area contributed by atoms with Gasteiger partial charge in [0.05, 0.1) is 11.6 Å². The summed E-state index contributed by atoms with van der Waals surface area (Å²) in [4.78, 5) is 11.5. The van der Waals surface area contributed by atoms with Crippen molar-refractivity contribution in [3.05, 3.63) is 23.2 Å². The van der Waals surface area contributed by atoms with E-state index in [0.29, 0.717) is 5.69 Å². The standard InChI is InChI=1S/C12H18ClN3O3S/c1-8(2)15-12(17)7-16(3)20(18,19)11-5-4-9(14)6-10(11)13/h4-6,8H,7,14H2,1-3H3,(H,15,17). The van der Waals surface area contributed by atoms with Crippen molar-refractivity contribution in [3.63, 3.8) is 0 Å². The zero-order chi connectivity index (χ0) is 15.5. The van der Waals surface area contributed by atoms with Gasteiger partial charge in [-0.25, -0.2) is 8.42 Å². The van der Waals surface area contributed by atoms with Gasteiger partial charge in [-0.2, -0.15) is 4.31 Å². The molecule has 0 saturated carbocycles. The number of hydrogen-bond acceptors (Lipinski definition) is 4. The maximum absolute atomic E-state index is 12.3. The summed E-state index contributed by atoms with van der Waals surface area (Å²) in [5.74, 6) is -0.377. The molecular weight excluding hydrogens is 302 g/mol. The minimum absolute atomic E-state index is 0.0288. The van der Waals surface area contributed by atoms with Crippen LogP contribution in [0.3, 0.4) is 0 Å². The zero-order valence-corrected chi connectivity index (χ0v) is 13.1. The molecule has 0 unspecified atom stereocenters. The van der Waals surface area contributed by atoms with Gasteiger partial charge in [-0.3, -0.25) is 4.79 Å². The largest absolute Gasteiger partial charge is 0.399 e. The summed E-state index contributed by atoms with van der Waals surface area (Å²) in [6, 6.07) is 4.07. The van der Waals surface area contributed by atoms with E-state index in [4.69, 9.17) is 17.3 Å². The van der Waals surface area contributed by atoms with Crippen molar-refractivity contribution < 1.29 is 13.2 Å². The molecule has 0 aliphatic carbocycles. The summed E-state index contributed by atoms with van der Waals surface area (Å²) in [6.45, 7) is 3.31. The second-order valence-corrected chi connectivity index (χ2v) is 7.09. The summed E-state index contributed by atoms with van der Waals surface area (Å²) in [6.07, 6.45) is 0. The monoisotopic (exact) mass is 319 g/mol. The van der Waals surface area contributed by atoms with E-state index in [1.807, 2.05) is 0 Å². The Kier molecular flexibility index (Phi) is 5.38. The SMILES string of the molecule is CC(C)NC(=O)CN(C)S(=O)(=O)c1ccc(N)cc1Cl. The number of hydrogen-bond donors (Lipinski definition) is 2. The summed E-state index contributed by atoms with van der Waals surface area (Å²) in [5, 5.41) is 2.65. The molecule has 0 aliphatic heterocycles. The summed E-state index contributed by atoms with van der Waals surface area (Å²) in [5.41, 5.74) is 5.90. The van der Waals surface area contributed by atoms with E-state index in [-0.39, 0.29) is 28.4 Å². The van der Waals surface area contributed by atoms with E-state index in [1.165, 1.54) is 25.2 Å². The third kappa shape index (κ3) is 4.09. The molecule has 20 heavy (non-hydrogen) atoms. The van der Waals surface area contributed by atoms with Crippen LogP contribution in [-0.2, 0) is 14.8 Å². The van der Waals surface area contributed by atoms with Crippen LogP contribution in [0.15, 0.2) is 23.1 Å². The minimum atomic E-state index is -3.83. The Hall–Kier alpha value is -1.31. The second-order valence-electron chi connectivity index (χ2n) is 4.67. The Morgan fingerprint density at radius 2 is 2.05 bits per heavy atom. The van der Waals surface area contributed by atoms with Crippen molar-refractivity contribution >= 4 is 33.2 Å². The fraction of sp³-hybridized carbons (Fsp3) is 0.417. The molecule has 0 aromatic heterocycles. The average Bonchev–Trinajstić information content (AvgIpc) is 2.26. The predicted molar refractivity (Wildman–Crippen MR) is 79.0 cm³/mol. The second kappa shape index (κ2) is 6.43. The van der Waals surface area contributed by atoms with Gasteiger partial charge in [0, 0.05) is 18.8 Å². The number of rotatable bonds is 5. The average molecular weight is 320 g/mol. The van der Waals surface area contributed by atoms with Gasteiger partial charge in [-0.1, -0.05) is 11.6 Å². The number of benzene rings is 1. The van der Waals surface area contributed by atoms with Crippen molar-refractivity contribution in [2.24, 2.45) is 0 Å². The highest BCUT2D eigenvalue weighted by Gasteiger charge is 2.25. The van der Waals surface area contributed by atoms with Crippen LogP contribution in [0.4, 0.5) is 5.69 Å². The normalized spacial score (nSPS) is 11.9. The summed E-state index contributed by atoms with van der Waals surface area (Å²) < 4.78 is 25.6. The molecule has 0 fully saturated rings. The Morgan fingerprint density at radius 3 is 2.55 bits per heavy atom. The van der Waals surface area contributed by atoms with Crippen LogP contribution < -0.4 is 11.1 Å². The quantitative estimate of drug-likeness (QED) is 0.794. The van der Waals surface area contributed by atoms with E-state index >= 15 is 0 Å². The van der Waals surface area contributed by atoms with Crippen LogP contribution in [0.2, 0.25) is 5.02 Å². The van der Waals surface area contributed by atoms with E-state index in [2.05, 4.69) is 5.32 Å². The Morgan fingerprint density at radius 1 is 1.45 bits per heavy atom. The van der Waals surface area contributed by atoms with Crippen LogP contribution in [0.1, 0.15) is 13.8 Å². The fourth-order valence-corrected chi connectivity index (χ4v) is 3.20. The lowest BCUT2D eigenvalue weighted by Crippen LogP contribution is -2.40. The molecule has 1 amide bonds. The van der Waals surface area contributed by atoms with Gasteiger partial charge in [0.15, 0.2) is 0 Å². The molecule has 0 spiro atoms. The van der Waals surface area contributed by atoms with Crippen LogP contribution >= 0.6 is 11.6 Å². The molecule has 0 atom stereocenters. The van der Waals surface area contributed by atoms with Gasteiger partial charge < -0.3 is 11.1 Å². The van der Waals surface area contributed by atoms with Crippen LogP contribution in [0, 0.1) is 0 Å². The number of amides is 1. The molecule has 0 bridgehead atoms. The van der Waals surface area contributed by atoms with E-state index in [0.717, 1.165) is 4.31 Å².